The summed E-state index contributed by atoms with van der Waals surface area (Å²) in [5.41, 5.74) is 1.39. The van der Waals surface area contributed by atoms with Crippen molar-refractivity contribution < 1.29 is 17.6 Å². The minimum atomic E-state index is -3.58. The number of halogens is 1. The van der Waals surface area contributed by atoms with E-state index in [0.29, 0.717) is 31.7 Å². The molecule has 0 aromatic heterocycles. The van der Waals surface area contributed by atoms with E-state index in [1.807, 2.05) is 0 Å². The summed E-state index contributed by atoms with van der Waals surface area (Å²) in [5, 5.41) is 0. The first-order chi connectivity index (χ1) is 13.3. The van der Waals surface area contributed by atoms with Gasteiger partial charge in [0.2, 0.25) is 10.0 Å². The smallest absolute Gasteiger partial charge is 0.253 e. The van der Waals surface area contributed by atoms with Crippen molar-refractivity contribution in [1.29, 1.82) is 0 Å². The number of piperazine rings is 1. The van der Waals surface area contributed by atoms with Crippen LogP contribution in [0.15, 0.2) is 53.4 Å². The van der Waals surface area contributed by atoms with Crippen molar-refractivity contribution >= 4 is 21.6 Å². The zero-order valence-corrected chi connectivity index (χ0v) is 16.7. The van der Waals surface area contributed by atoms with Gasteiger partial charge in [-0.3, -0.25) is 4.79 Å². The maximum absolute atomic E-state index is 13.1. The van der Waals surface area contributed by atoms with E-state index in [0.717, 1.165) is 5.69 Å². The summed E-state index contributed by atoms with van der Waals surface area (Å²) >= 11 is 0. The second kappa shape index (κ2) is 8.28. The Labute approximate surface area is 165 Å². The number of benzene rings is 2. The fourth-order valence-corrected chi connectivity index (χ4v) is 4.41. The summed E-state index contributed by atoms with van der Waals surface area (Å²) in [7, 11) is -3.58. The van der Waals surface area contributed by atoms with Crippen LogP contribution >= 0.6 is 0 Å². The molecule has 1 saturated heterocycles. The summed E-state index contributed by atoms with van der Waals surface area (Å²) in [4.78, 5) is 16.7. The number of hydrogen-bond donors (Lipinski definition) is 1. The molecule has 0 aliphatic carbocycles. The highest BCUT2D eigenvalue weighted by molar-refractivity contribution is 7.89. The molecule has 1 amide bonds. The predicted molar refractivity (Wildman–Crippen MR) is 106 cm³/mol. The molecule has 2 aromatic carbocycles. The lowest BCUT2D eigenvalue weighted by molar-refractivity contribution is 0.0746. The van der Waals surface area contributed by atoms with Crippen LogP contribution in [-0.4, -0.2) is 51.4 Å². The van der Waals surface area contributed by atoms with Crippen molar-refractivity contribution in [3.8, 4) is 0 Å². The van der Waals surface area contributed by atoms with Crippen LogP contribution in [0, 0.1) is 5.82 Å². The van der Waals surface area contributed by atoms with Gasteiger partial charge in [0.15, 0.2) is 0 Å². The standard InChI is InChI=1S/C20H24FN3O3S/c1-15(2)22-28(26,27)19-9-3-16(4-10-19)20(25)24-13-11-23(12-14-24)18-7-5-17(21)6-8-18/h3-10,15,22H,11-14H2,1-2H3. The van der Waals surface area contributed by atoms with Gasteiger partial charge in [-0.1, -0.05) is 0 Å². The number of hydrogen-bond acceptors (Lipinski definition) is 4. The van der Waals surface area contributed by atoms with Crippen LogP contribution in [-0.2, 0) is 10.0 Å². The number of nitrogens with one attached hydrogen (secondary N) is 1. The van der Waals surface area contributed by atoms with E-state index in [9.17, 15) is 17.6 Å². The number of carbonyl (C=O) groups excluding carboxylic acids is 1. The Balaban J connectivity index is 1.63. The van der Waals surface area contributed by atoms with E-state index in [2.05, 4.69) is 9.62 Å². The van der Waals surface area contributed by atoms with E-state index in [1.165, 1.54) is 24.3 Å². The predicted octanol–water partition coefficient (Wildman–Crippen LogP) is 2.47. The molecule has 0 unspecified atom stereocenters. The van der Waals surface area contributed by atoms with Crippen molar-refractivity contribution in [3.05, 3.63) is 59.9 Å². The number of rotatable bonds is 5. The molecule has 0 saturated carbocycles. The fourth-order valence-electron chi connectivity index (χ4n) is 3.16. The molecule has 8 heteroatoms. The molecule has 0 spiro atoms. The molecule has 1 heterocycles. The van der Waals surface area contributed by atoms with Crippen LogP contribution in [0.25, 0.3) is 0 Å². The molecular weight excluding hydrogens is 381 g/mol. The van der Waals surface area contributed by atoms with Crippen LogP contribution in [0.2, 0.25) is 0 Å². The lowest BCUT2D eigenvalue weighted by Crippen LogP contribution is -2.48. The monoisotopic (exact) mass is 405 g/mol. The van der Waals surface area contributed by atoms with Gasteiger partial charge in [-0.05, 0) is 62.4 Å². The first-order valence-electron chi connectivity index (χ1n) is 9.18. The van der Waals surface area contributed by atoms with Gasteiger partial charge in [-0.15, -0.1) is 0 Å². The topological polar surface area (TPSA) is 69.7 Å². The van der Waals surface area contributed by atoms with Crippen LogP contribution < -0.4 is 9.62 Å². The van der Waals surface area contributed by atoms with Crippen molar-refractivity contribution in [2.45, 2.75) is 24.8 Å². The molecule has 28 heavy (non-hydrogen) atoms. The first-order valence-corrected chi connectivity index (χ1v) is 10.7. The van der Waals surface area contributed by atoms with E-state index in [4.69, 9.17) is 0 Å². The largest absolute Gasteiger partial charge is 0.368 e. The van der Waals surface area contributed by atoms with Gasteiger partial charge in [0.1, 0.15) is 5.82 Å². The van der Waals surface area contributed by atoms with E-state index >= 15 is 0 Å². The van der Waals surface area contributed by atoms with Crippen molar-refractivity contribution in [2.75, 3.05) is 31.1 Å². The molecular formula is C20H24FN3O3S. The summed E-state index contributed by atoms with van der Waals surface area (Å²) in [6.07, 6.45) is 0. The van der Waals surface area contributed by atoms with Crippen LogP contribution in [0.4, 0.5) is 10.1 Å². The maximum atomic E-state index is 13.1. The number of anilines is 1. The summed E-state index contributed by atoms with van der Waals surface area (Å²) in [5.74, 6) is -0.397. The van der Waals surface area contributed by atoms with E-state index < -0.39 is 10.0 Å². The maximum Gasteiger partial charge on any atom is 0.253 e. The number of carbonyl (C=O) groups is 1. The van der Waals surface area contributed by atoms with Crippen molar-refractivity contribution in [1.82, 2.24) is 9.62 Å². The van der Waals surface area contributed by atoms with Gasteiger partial charge in [0, 0.05) is 43.5 Å². The van der Waals surface area contributed by atoms with Gasteiger partial charge in [0.25, 0.3) is 5.91 Å². The average molecular weight is 405 g/mol. The third kappa shape index (κ3) is 4.69. The van der Waals surface area contributed by atoms with Crippen LogP contribution in [0.1, 0.15) is 24.2 Å². The minimum Gasteiger partial charge on any atom is -0.368 e. The SMILES string of the molecule is CC(C)NS(=O)(=O)c1ccc(C(=O)N2CCN(c3ccc(F)cc3)CC2)cc1. The number of sulfonamides is 1. The Kier molecular flexibility index (Phi) is 6.00. The zero-order chi connectivity index (χ0) is 20.3. The number of nitrogens with zero attached hydrogens (tertiary/aromatic N) is 2. The summed E-state index contributed by atoms with van der Waals surface area (Å²) in [6.45, 7) is 5.91. The normalized spacial score (nSPS) is 15.1. The molecule has 1 N–H and O–H groups in total. The Morgan fingerprint density at radius 3 is 2.07 bits per heavy atom. The highest BCUT2D eigenvalue weighted by Gasteiger charge is 2.23. The van der Waals surface area contributed by atoms with E-state index in [-0.39, 0.29) is 22.7 Å². The van der Waals surface area contributed by atoms with Gasteiger partial charge in [-0.2, -0.15) is 0 Å². The quantitative estimate of drug-likeness (QED) is 0.830. The Bertz CT molecular complexity index is 920. The lowest BCUT2D eigenvalue weighted by atomic mass is 10.1. The summed E-state index contributed by atoms with van der Waals surface area (Å²) < 4.78 is 39.9. The third-order valence-electron chi connectivity index (χ3n) is 4.56. The van der Waals surface area contributed by atoms with Crippen LogP contribution in [0.3, 0.4) is 0 Å². The highest BCUT2D eigenvalue weighted by Crippen LogP contribution is 2.18. The lowest BCUT2D eigenvalue weighted by Gasteiger charge is -2.36. The third-order valence-corrected chi connectivity index (χ3v) is 6.24. The Morgan fingerprint density at radius 1 is 0.964 bits per heavy atom. The molecule has 2 aromatic rings. The average Bonchev–Trinajstić information content (AvgIpc) is 2.67. The molecule has 3 rings (SSSR count). The zero-order valence-electron chi connectivity index (χ0n) is 15.9. The van der Waals surface area contributed by atoms with Crippen molar-refractivity contribution in [3.63, 3.8) is 0 Å². The van der Waals surface area contributed by atoms with Gasteiger partial charge < -0.3 is 9.80 Å². The Morgan fingerprint density at radius 2 is 1.54 bits per heavy atom. The molecule has 1 aliphatic rings. The van der Waals surface area contributed by atoms with Crippen LogP contribution in [0.5, 0.6) is 0 Å². The number of amides is 1. The molecule has 0 atom stereocenters. The van der Waals surface area contributed by atoms with Crippen molar-refractivity contribution in [2.24, 2.45) is 0 Å². The fraction of sp³-hybridized carbons (Fsp3) is 0.350. The second-order valence-electron chi connectivity index (χ2n) is 7.06. The molecule has 1 aliphatic heterocycles. The minimum absolute atomic E-state index is 0.125. The molecule has 1 fully saturated rings. The molecule has 150 valence electrons. The summed E-state index contributed by atoms with van der Waals surface area (Å²) in [6, 6.07) is 12.1. The molecule has 0 radical (unpaired) electrons. The highest BCUT2D eigenvalue weighted by atomic mass is 32.2. The van der Waals surface area contributed by atoms with Gasteiger partial charge in [0.05, 0.1) is 4.90 Å². The van der Waals surface area contributed by atoms with E-state index in [1.54, 1.807) is 43.0 Å². The second-order valence-corrected chi connectivity index (χ2v) is 8.77. The van der Waals surface area contributed by atoms with Gasteiger partial charge >= 0.3 is 0 Å². The molecule has 0 bridgehead atoms. The van der Waals surface area contributed by atoms with Gasteiger partial charge in [-0.25, -0.2) is 17.5 Å². The molecule has 6 nitrogen and oxygen atoms in total. The Hall–Kier alpha value is -2.45. The first kappa shape index (κ1) is 20.3.